The molecule has 0 saturated carbocycles. The number of benzene rings is 1. The predicted octanol–water partition coefficient (Wildman–Crippen LogP) is 5.24. The number of hydrogen-bond acceptors (Lipinski definition) is 3. The maximum Gasteiger partial charge on any atom is 0.307 e. The van der Waals surface area contributed by atoms with Crippen LogP contribution in [0.5, 0.6) is 0 Å². The minimum atomic E-state index is -0.651. The van der Waals surface area contributed by atoms with Crippen molar-refractivity contribution in [3.8, 4) is 0 Å². The molecule has 0 radical (unpaired) electrons. The molecule has 0 amide bonds. The summed E-state index contributed by atoms with van der Waals surface area (Å²) in [6, 6.07) is 10.9. The first kappa shape index (κ1) is 19.8. The largest absolute Gasteiger partial charge is 0.481 e. The Morgan fingerprint density at radius 1 is 1.33 bits per heavy atom. The molecule has 1 aliphatic heterocycles. The molecule has 1 unspecified atom stereocenters. The zero-order valence-electron chi connectivity index (χ0n) is 16.3. The van der Waals surface area contributed by atoms with Crippen molar-refractivity contribution in [2.24, 2.45) is 5.92 Å². The molecule has 1 aromatic heterocycles. The van der Waals surface area contributed by atoms with Crippen molar-refractivity contribution in [1.29, 1.82) is 0 Å². The maximum atomic E-state index is 11.3. The van der Waals surface area contributed by atoms with E-state index in [2.05, 4.69) is 60.5 Å². The van der Waals surface area contributed by atoms with Crippen LogP contribution in [0.15, 0.2) is 41.8 Å². The highest BCUT2D eigenvalue weighted by atomic mass is 32.1. The average molecular weight is 384 g/mol. The molecule has 144 valence electrons. The van der Waals surface area contributed by atoms with Crippen molar-refractivity contribution in [3.05, 3.63) is 63.4 Å². The van der Waals surface area contributed by atoms with Crippen molar-refractivity contribution >= 4 is 22.9 Å². The van der Waals surface area contributed by atoms with Gasteiger partial charge in [0.05, 0.1) is 5.92 Å². The Kier molecular flexibility index (Phi) is 6.86. The first-order valence-electron chi connectivity index (χ1n) is 9.88. The first-order chi connectivity index (χ1) is 13.1. The number of carboxylic acid groups (broad SMARTS) is 1. The lowest BCUT2D eigenvalue weighted by Crippen LogP contribution is -2.39. The van der Waals surface area contributed by atoms with Gasteiger partial charge in [0, 0.05) is 18.0 Å². The quantitative estimate of drug-likeness (QED) is 0.711. The van der Waals surface area contributed by atoms with Gasteiger partial charge >= 0.3 is 5.97 Å². The highest BCUT2D eigenvalue weighted by Crippen LogP contribution is 2.33. The molecule has 1 fully saturated rings. The van der Waals surface area contributed by atoms with E-state index in [1.54, 1.807) is 11.3 Å². The Morgan fingerprint density at radius 2 is 2.15 bits per heavy atom. The van der Waals surface area contributed by atoms with Gasteiger partial charge in [-0.1, -0.05) is 37.3 Å². The molecule has 1 atom stereocenters. The van der Waals surface area contributed by atoms with Gasteiger partial charge in [0.25, 0.3) is 0 Å². The highest BCUT2D eigenvalue weighted by Gasteiger charge is 2.24. The lowest BCUT2D eigenvalue weighted by Gasteiger charge is -2.30. The van der Waals surface area contributed by atoms with E-state index >= 15 is 0 Å². The van der Waals surface area contributed by atoms with Gasteiger partial charge in [-0.15, -0.1) is 11.3 Å². The summed E-state index contributed by atoms with van der Waals surface area (Å²) in [6.45, 7) is 7.00. The molecule has 1 aliphatic rings. The average Bonchev–Trinajstić information content (AvgIpc) is 3.11. The number of carbonyl (C=O) groups is 1. The zero-order chi connectivity index (χ0) is 19.2. The third-order valence-corrected chi connectivity index (χ3v) is 6.49. The summed E-state index contributed by atoms with van der Waals surface area (Å²) in [5.74, 6) is -0.857. The minimum Gasteiger partial charge on any atom is -0.481 e. The number of aliphatic carboxylic acids is 1. The Morgan fingerprint density at radius 3 is 2.85 bits per heavy atom. The number of carboxylic acids is 1. The molecule has 0 bridgehead atoms. The summed E-state index contributed by atoms with van der Waals surface area (Å²) >= 11 is 1.80. The van der Waals surface area contributed by atoms with Gasteiger partial charge in [0.2, 0.25) is 0 Å². The normalized spacial score (nSPS) is 18.6. The molecule has 1 aromatic carbocycles. The lowest BCUT2D eigenvalue weighted by molar-refractivity contribution is -0.143. The third-order valence-electron chi connectivity index (χ3n) is 5.44. The fraction of sp³-hybridized carbons (Fsp3) is 0.435. The molecule has 2 aromatic rings. The van der Waals surface area contributed by atoms with E-state index < -0.39 is 5.97 Å². The molecule has 1 saturated heterocycles. The van der Waals surface area contributed by atoms with Gasteiger partial charge in [-0.2, -0.15) is 0 Å². The van der Waals surface area contributed by atoms with E-state index in [0.717, 1.165) is 38.8 Å². The van der Waals surface area contributed by atoms with Gasteiger partial charge in [-0.25, -0.2) is 0 Å². The van der Waals surface area contributed by atoms with Crippen molar-refractivity contribution in [3.63, 3.8) is 0 Å². The van der Waals surface area contributed by atoms with Crippen LogP contribution < -0.4 is 0 Å². The van der Waals surface area contributed by atoms with E-state index in [1.807, 2.05) is 0 Å². The number of aryl methyl sites for hydroxylation is 2. The molecule has 3 rings (SSSR count). The minimum absolute atomic E-state index is 0.206. The van der Waals surface area contributed by atoms with Gasteiger partial charge in [-0.05, 0) is 72.9 Å². The standard InChI is InChI=1S/C23H29NO2S/c1-3-18-8-4-5-10-20(18)21(22-17(2)12-15-27-22)11-7-14-24-13-6-9-19(16-24)23(25)26/h4-5,8,10-12,15,19H,3,6-7,9,13-14,16H2,1-2H3,(H,25,26). The number of nitrogens with zero attached hydrogens (tertiary/aromatic N) is 1. The van der Waals surface area contributed by atoms with E-state index in [0.29, 0.717) is 6.54 Å². The van der Waals surface area contributed by atoms with E-state index in [-0.39, 0.29) is 5.92 Å². The Bertz CT molecular complexity index is 808. The Balaban J connectivity index is 1.79. The van der Waals surface area contributed by atoms with E-state index in [4.69, 9.17) is 0 Å². The number of hydrogen-bond donors (Lipinski definition) is 1. The monoisotopic (exact) mass is 383 g/mol. The molecule has 1 N–H and O–H groups in total. The highest BCUT2D eigenvalue weighted by molar-refractivity contribution is 7.11. The van der Waals surface area contributed by atoms with Crippen molar-refractivity contribution < 1.29 is 9.90 Å². The molecule has 0 aliphatic carbocycles. The molecule has 3 nitrogen and oxygen atoms in total. The van der Waals surface area contributed by atoms with Crippen LogP contribution in [0, 0.1) is 12.8 Å². The smallest absolute Gasteiger partial charge is 0.307 e. The van der Waals surface area contributed by atoms with Crippen LogP contribution in [0.2, 0.25) is 0 Å². The topological polar surface area (TPSA) is 40.5 Å². The molecular weight excluding hydrogens is 354 g/mol. The second kappa shape index (κ2) is 9.34. The Hall–Kier alpha value is -1.91. The van der Waals surface area contributed by atoms with E-state index in [9.17, 15) is 9.90 Å². The fourth-order valence-electron chi connectivity index (χ4n) is 3.92. The summed E-state index contributed by atoms with van der Waals surface area (Å²) in [6.07, 6.45) is 6.11. The van der Waals surface area contributed by atoms with Crippen molar-refractivity contribution in [2.45, 2.75) is 39.5 Å². The summed E-state index contributed by atoms with van der Waals surface area (Å²) in [4.78, 5) is 14.9. The summed E-state index contributed by atoms with van der Waals surface area (Å²) in [5.41, 5.74) is 5.35. The van der Waals surface area contributed by atoms with Crippen LogP contribution in [0.4, 0.5) is 0 Å². The molecule has 2 heterocycles. The summed E-state index contributed by atoms with van der Waals surface area (Å²) in [7, 11) is 0. The molecular formula is C23H29NO2S. The number of piperidine rings is 1. The summed E-state index contributed by atoms with van der Waals surface area (Å²) in [5, 5.41) is 11.5. The van der Waals surface area contributed by atoms with Crippen LogP contribution >= 0.6 is 11.3 Å². The molecule has 0 spiro atoms. The number of likely N-dealkylation sites (tertiary alicyclic amines) is 1. The SMILES string of the molecule is CCc1ccccc1C(=CCCN1CCCC(C(=O)O)C1)c1sccc1C. The van der Waals surface area contributed by atoms with E-state index in [1.165, 1.54) is 27.1 Å². The molecule has 27 heavy (non-hydrogen) atoms. The second-order valence-electron chi connectivity index (χ2n) is 7.33. The molecule has 4 heteroatoms. The van der Waals surface area contributed by atoms with Crippen LogP contribution in [0.25, 0.3) is 5.57 Å². The lowest BCUT2D eigenvalue weighted by atomic mass is 9.94. The van der Waals surface area contributed by atoms with Crippen molar-refractivity contribution in [1.82, 2.24) is 4.90 Å². The maximum absolute atomic E-state index is 11.3. The van der Waals surface area contributed by atoms with Crippen LogP contribution in [0.3, 0.4) is 0 Å². The zero-order valence-corrected chi connectivity index (χ0v) is 17.1. The number of rotatable bonds is 7. The van der Waals surface area contributed by atoms with Gasteiger partial charge in [0.1, 0.15) is 0 Å². The fourth-order valence-corrected chi connectivity index (χ4v) is 4.90. The van der Waals surface area contributed by atoms with Crippen molar-refractivity contribution in [2.75, 3.05) is 19.6 Å². The summed E-state index contributed by atoms with van der Waals surface area (Å²) < 4.78 is 0. The Labute approximate surface area is 166 Å². The van der Waals surface area contributed by atoms with Gasteiger partial charge in [0.15, 0.2) is 0 Å². The van der Waals surface area contributed by atoms with Crippen LogP contribution in [-0.4, -0.2) is 35.6 Å². The second-order valence-corrected chi connectivity index (χ2v) is 8.24. The van der Waals surface area contributed by atoms with Crippen LogP contribution in [-0.2, 0) is 11.2 Å². The number of thiophene rings is 1. The predicted molar refractivity (Wildman–Crippen MR) is 113 cm³/mol. The van der Waals surface area contributed by atoms with Gasteiger partial charge < -0.3 is 10.0 Å². The third kappa shape index (κ3) is 4.88. The van der Waals surface area contributed by atoms with Crippen LogP contribution in [0.1, 0.15) is 47.8 Å². The van der Waals surface area contributed by atoms with Gasteiger partial charge in [-0.3, -0.25) is 4.79 Å². The first-order valence-corrected chi connectivity index (χ1v) is 10.8.